The van der Waals surface area contributed by atoms with E-state index >= 15 is 0 Å². The van der Waals surface area contributed by atoms with E-state index in [1.807, 2.05) is 24.3 Å². The first-order valence-corrected chi connectivity index (χ1v) is 7.64. The van der Waals surface area contributed by atoms with Crippen molar-refractivity contribution in [2.24, 2.45) is 0 Å². The van der Waals surface area contributed by atoms with Crippen molar-refractivity contribution < 1.29 is 4.79 Å². The van der Waals surface area contributed by atoms with E-state index in [2.05, 4.69) is 36.5 Å². The molecule has 3 heteroatoms. The van der Waals surface area contributed by atoms with Crippen LogP contribution in [0.1, 0.15) is 30.0 Å². The fourth-order valence-corrected chi connectivity index (χ4v) is 2.22. The van der Waals surface area contributed by atoms with Gasteiger partial charge in [-0.05, 0) is 41.7 Å². The smallest absolute Gasteiger partial charge is 0.220 e. The molecule has 0 spiro atoms. The van der Waals surface area contributed by atoms with Crippen LogP contribution in [0.4, 0.5) is 0 Å². The normalized spacial score (nSPS) is 10.4. The van der Waals surface area contributed by atoms with E-state index in [-0.39, 0.29) is 5.91 Å². The number of aryl methyl sites for hydroxylation is 2. The van der Waals surface area contributed by atoms with Gasteiger partial charge in [-0.3, -0.25) is 4.79 Å². The van der Waals surface area contributed by atoms with Gasteiger partial charge in [0.05, 0.1) is 0 Å². The largest absolute Gasteiger partial charge is 0.352 e. The van der Waals surface area contributed by atoms with Crippen LogP contribution in [0.25, 0.3) is 0 Å². The van der Waals surface area contributed by atoms with Crippen molar-refractivity contribution in [3.8, 4) is 0 Å². The van der Waals surface area contributed by atoms with E-state index < -0.39 is 0 Å². The lowest BCUT2D eigenvalue weighted by molar-refractivity contribution is -0.121. The summed E-state index contributed by atoms with van der Waals surface area (Å²) in [6.07, 6.45) is 2.33. The Morgan fingerprint density at radius 3 is 2.14 bits per heavy atom. The van der Waals surface area contributed by atoms with Gasteiger partial charge >= 0.3 is 0 Å². The highest BCUT2D eigenvalue weighted by Gasteiger charge is 2.02. The van der Waals surface area contributed by atoms with Crippen molar-refractivity contribution in [3.05, 3.63) is 70.2 Å². The predicted octanol–water partition coefficient (Wildman–Crippen LogP) is 4.15. The van der Waals surface area contributed by atoms with Gasteiger partial charge in [-0.2, -0.15) is 0 Å². The fraction of sp³-hybridized carbons (Fsp3) is 0.278. The molecule has 0 aliphatic heterocycles. The van der Waals surface area contributed by atoms with Gasteiger partial charge in [-0.25, -0.2) is 0 Å². The summed E-state index contributed by atoms with van der Waals surface area (Å²) >= 11 is 5.83. The second-order valence-electron chi connectivity index (χ2n) is 5.07. The summed E-state index contributed by atoms with van der Waals surface area (Å²) in [6.45, 7) is 2.68. The lowest BCUT2D eigenvalue weighted by atomic mass is 10.1. The molecule has 0 atom stereocenters. The maximum Gasteiger partial charge on any atom is 0.220 e. The Bertz CT molecular complexity index is 575. The molecule has 0 fully saturated rings. The maximum atomic E-state index is 11.8. The monoisotopic (exact) mass is 301 g/mol. The van der Waals surface area contributed by atoms with Crippen LogP contribution in [0.2, 0.25) is 5.02 Å². The Morgan fingerprint density at radius 2 is 1.52 bits per heavy atom. The minimum Gasteiger partial charge on any atom is -0.352 e. The number of hydrogen-bond donors (Lipinski definition) is 1. The first kappa shape index (κ1) is 15.6. The van der Waals surface area contributed by atoms with E-state index in [0.29, 0.717) is 18.0 Å². The molecule has 0 bridgehead atoms. The highest BCUT2D eigenvalue weighted by atomic mass is 35.5. The van der Waals surface area contributed by atoms with Crippen molar-refractivity contribution in [1.82, 2.24) is 5.32 Å². The number of halogens is 1. The van der Waals surface area contributed by atoms with Crippen LogP contribution >= 0.6 is 11.6 Å². The van der Waals surface area contributed by atoms with Crippen LogP contribution < -0.4 is 5.32 Å². The van der Waals surface area contributed by atoms with Crippen molar-refractivity contribution in [2.45, 2.75) is 32.7 Å². The van der Waals surface area contributed by atoms with Crippen molar-refractivity contribution in [3.63, 3.8) is 0 Å². The highest BCUT2D eigenvalue weighted by Crippen LogP contribution is 2.10. The second kappa shape index (κ2) is 7.84. The summed E-state index contributed by atoms with van der Waals surface area (Å²) in [6, 6.07) is 16.0. The van der Waals surface area contributed by atoms with Gasteiger partial charge in [0.1, 0.15) is 0 Å². The molecule has 1 amide bonds. The van der Waals surface area contributed by atoms with Crippen molar-refractivity contribution in [2.75, 3.05) is 0 Å². The van der Waals surface area contributed by atoms with Crippen LogP contribution in [0.3, 0.4) is 0 Å². The van der Waals surface area contributed by atoms with Crippen LogP contribution in [0, 0.1) is 0 Å². The highest BCUT2D eigenvalue weighted by molar-refractivity contribution is 6.30. The third kappa shape index (κ3) is 5.24. The van der Waals surface area contributed by atoms with Gasteiger partial charge in [0.15, 0.2) is 0 Å². The Labute approximate surface area is 131 Å². The predicted molar refractivity (Wildman–Crippen MR) is 87.4 cm³/mol. The fourth-order valence-electron chi connectivity index (χ4n) is 2.09. The average Bonchev–Trinajstić information content (AvgIpc) is 2.53. The van der Waals surface area contributed by atoms with Crippen molar-refractivity contribution >= 4 is 17.5 Å². The molecule has 0 aliphatic rings. The van der Waals surface area contributed by atoms with Crippen LogP contribution in [0.15, 0.2) is 48.5 Å². The molecule has 110 valence electrons. The average molecular weight is 302 g/mol. The number of benzene rings is 2. The van der Waals surface area contributed by atoms with E-state index in [9.17, 15) is 4.79 Å². The van der Waals surface area contributed by atoms with E-state index in [1.165, 1.54) is 11.1 Å². The molecule has 0 saturated heterocycles. The molecule has 1 N–H and O–H groups in total. The number of amides is 1. The quantitative estimate of drug-likeness (QED) is 0.853. The summed E-state index contributed by atoms with van der Waals surface area (Å²) in [4.78, 5) is 11.8. The molecule has 0 radical (unpaired) electrons. The SMILES string of the molecule is CCc1ccc(CCC(=O)NCc2ccc(Cl)cc2)cc1. The standard InChI is InChI=1S/C18H20ClNO/c1-2-14-3-5-15(6-4-14)9-12-18(21)20-13-16-7-10-17(19)11-8-16/h3-8,10-11H,2,9,12-13H2,1H3,(H,20,21). The lowest BCUT2D eigenvalue weighted by Crippen LogP contribution is -2.22. The van der Waals surface area contributed by atoms with Gasteiger partial charge in [-0.15, -0.1) is 0 Å². The van der Waals surface area contributed by atoms with Gasteiger partial charge in [-0.1, -0.05) is 54.9 Å². The summed E-state index contributed by atoms with van der Waals surface area (Å²) in [7, 11) is 0. The molecular formula is C18H20ClNO. The summed E-state index contributed by atoms with van der Waals surface area (Å²) in [5, 5.41) is 3.64. The summed E-state index contributed by atoms with van der Waals surface area (Å²) in [5.41, 5.74) is 3.58. The molecule has 0 aliphatic carbocycles. The van der Waals surface area contributed by atoms with Crippen molar-refractivity contribution in [1.29, 1.82) is 0 Å². The first-order chi connectivity index (χ1) is 10.2. The minimum absolute atomic E-state index is 0.0736. The zero-order valence-corrected chi connectivity index (χ0v) is 13.0. The van der Waals surface area contributed by atoms with Crippen LogP contribution in [-0.4, -0.2) is 5.91 Å². The molecule has 21 heavy (non-hydrogen) atoms. The molecule has 0 unspecified atom stereocenters. The number of nitrogens with one attached hydrogen (secondary N) is 1. The molecule has 2 nitrogen and oxygen atoms in total. The third-order valence-corrected chi connectivity index (χ3v) is 3.73. The van der Waals surface area contributed by atoms with E-state index in [1.54, 1.807) is 0 Å². The maximum absolute atomic E-state index is 11.8. The number of hydrogen-bond acceptors (Lipinski definition) is 1. The zero-order valence-electron chi connectivity index (χ0n) is 12.2. The Morgan fingerprint density at radius 1 is 0.952 bits per heavy atom. The van der Waals surface area contributed by atoms with Gasteiger partial charge < -0.3 is 5.32 Å². The zero-order chi connectivity index (χ0) is 15.1. The molecule has 0 saturated carbocycles. The Kier molecular flexibility index (Phi) is 5.82. The third-order valence-electron chi connectivity index (χ3n) is 3.47. The second-order valence-corrected chi connectivity index (χ2v) is 5.51. The summed E-state index contributed by atoms with van der Waals surface area (Å²) < 4.78 is 0. The molecule has 2 aromatic carbocycles. The number of carbonyl (C=O) groups excluding carboxylic acids is 1. The summed E-state index contributed by atoms with van der Waals surface area (Å²) in [5.74, 6) is 0.0736. The molecule has 2 aromatic rings. The topological polar surface area (TPSA) is 29.1 Å². The Hall–Kier alpha value is -1.80. The molecular weight excluding hydrogens is 282 g/mol. The molecule has 0 heterocycles. The van der Waals surface area contributed by atoms with Crippen LogP contribution in [0.5, 0.6) is 0 Å². The van der Waals surface area contributed by atoms with Gasteiger partial charge in [0.25, 0.3) is 0 Å². The van der Waals surface area contributed by atoms with E-state index in [0.717, 1.165) is 18.4 Å². The number of carbonyl (C=O) groups is 1. The Balaban J connectivity index is 1.75. The van der Waals surface area contributed by atoms with E-state index in [4.69, 9.17) is 11.6 Å². The van der Waals surface area contributed by atoms with Gasteiger partial charge in [0, 0.05) is 18.0 Å². The van der Waals surface area contributed by atoms with Crippen LogP contribution in [-0.2, 0) is 24.2 Å². The lowest BCUT2D eigenvalue weighted by Gasteiger charge is -2.06. The van der Waals surface area contributed by atoms with Gasteiger partial charge in [0.2, 0.25) is 5.91 Å². The molecule has 0 aromatic heterocycles. The molecule has 2 rings (SSSR count). The first-order valence-electron chi connectivity index (χ1n) is 7.26. The minimum atomic E-state index is 0.0736. The number of rotatable bonds is 6.